The Kier molecular flexibility index (Phi) is 4.72. The Morgan fingerprint density at radius 1 is 1.04 bits per heavy atom. The fourth-order valence-electron chi connectivity index (χ4n) is 3.02. The van der Waals surface area contributed by atoms with Gasteiger partial charge < -0.3 is 10.1 Å². The number of rotatable bonds is 5. The molecule has 0 saturated carbocycles. The first-order valence-corrected chi connectivity index (χ1v) is 8.86. The number of anilines is 1. The largest absolute Gasteiger partial charge is 0.497 e. The van der Waals surface area contributed by atoms with Gasteiger partial charge in [-0.05, 0) is 70.1 Å². The number of nitrogens with one attached hydrogen (secondary N) is 1. The van der Waals surface area contributed by atoms with Gasteiger partial charge in [-0.25, -0.2) is 4.68 Å². The Bertz CT molecular complexity index is 1110. The fraction of sp³-hybridized carbons (Fsp3) is 0.143. The number of benzene rings is 3. The lowest BCUT2D eigenvalue weighted by molar-refractivity contribution is -0.117. The Hall–Kier alpha value is -3.74. The molecule has 1 heterocycles. The molecule has 140 valence electrons. The van der Waals surface area contributed by atoms with Crippen molar-refractivity contribution < 1.29 is 9.53 Å². The van der Waals surface area contributed by atoms with Crippen LogP contribution in [0, 0.1) is 0 Å². The lowest BCUT2D eigenvalue weighted by Crippen LogP contribution is -2.18. The van der Waals surface area contributed by atoms with Gasteiger partial charge in [0.25, 0.3) is 0 Å². The normalized spacial score (nSPS) is 11.9. The fourth-order valence-corrected chi connectivity index (χ4v) is 3.02. The SMILES string of the molecule is COc1ccc2cc(C(C)C(=O)Nc3ccc(-n4cnnn4)cc3)ccc2c1. The molecular formula is C21H19N5O2. The molecule has 4 rings (SSSR count). The van der Waals surface area contributed by atoms with Crippen LogP contribution < -0.4 is 10.1 Å². The standard InChI is InChI=1S/C21H19N5O2/c1-14(15-3-4-17-12-20(28-2)10-5-16(17)11-15)21(27)23-18-6-8-19(9-7-18)26-13-22-24-25-26/h3-14H,1-2H3,(H,23,27). The van der Waals surface area contributed by atoms with Gasteiger partial charge in [-0.1, -0.05) is 24.3 Å². The average molecular weight is 373 g/mol. The molecule has 0 bridgehead atoms. The number of aromatic nitrogens is 4. The second-order valence-electron chi connectivity index (χ2n) is 6.48. The first-order valence-electron chi connectivity index (χ1n) is 8.86. The van der Waals surface area contributed by atoms with E-state index in [-0.39, 0.29) is 11.8 Å². The van der Waals surface area contributed by atoms with E-state index in [1.807, 2.05) is 67.6 Å². The molecule has 1 atom stereocenters. The minimum Gasteiger partial charge on any atom is -0.497 e. The highest BCUT2D eigenvalue weighted by Crippen LogP contribution is 2.26. The van der Waals surface area contributed by atoms with Crippen LogP contribution in [-0.4, -0.2) is 33.2 Å². The molecule has 28 heavy (non-hydrogen) atoms. The number of tetrazole rings is 1. The molecule has 0 aliphatic carbocycles. The van der Waals surface area contributed by atoms with E-state index in [2.05, 4.69) is 20.8 Å². The number of nitrogens with zero attached hydrogens (tertiary/aromatic N) is 4. The van der Waals surface area contributed by atoms with Gasteiger partial charge in [0.2, 0.25) is 5.91 Å². The summed E-state index contributed by atoms with van der Waals surface area (Å²) in [5, 5.41) is 16.2. The summed E-state index contributed by atoms with van der Waals surface area (Å²) >= 11 is 0. The Labute approximate surface area is 161 Å². The second kappa shape index (κ2) is 7.48. The zero-order chi connectivity index (χ0) is 19.5. The number of hydrogen-bond acceptors (Lipinski definition) is 5. The molecule has 0 aliphatic rings. The van der Waals surface area contributed by atoms with E-state index in [1.54, 1.807) is 11.8 Å². The number of methoxy groups -OCH3 is 1. The first kappa shape index (κ1) is 17.7. The molecule has 0 fully saturated rings. The maximum atomic E-state index is 12.7. The van der Waals surface area contributed by atoms with Crippen LogP contribution in [0.25, 0.3) is 16.5 Å². The number of fused-ring (bicyclic) bond motifs is 1. The van der Waals surface area contributed by atoms with E-state index < -0.39 is 0 Å². The number of ether oxygens (including phenoxy) is 1. The molecule has 1 unspecified atom stereocenters. The summed E-state index contributed by atoms with van der Waals surface area (Å²) in [5.74, 6) is 0.463. The van der Waals surface area contributed by atoms with Crippen molar-refractivity contribution in [1.82, 2.24) is 20.2 Å². The molecule has 1 N–H and O–H groups in total. The Balaban J connectivity index is 1.49. The quantitative estimate of drug-likeness (QED) is 0.578. The van der Waals surface area contributed by atoms with Gasteiger partial charge in [-0.3, -0.25) is 4.79 Å². The van der Waals surface area contributed by atoms with Gasteiger partial charge in [-0.2, -0.15) is 0 Å². The minimum atomic E-state index is -0.286. The maximum Gasteiger partial charge on any atom is 0.231 e. The van der Waals surface area contributed by atoms with Crippen LogP contribution in [0.3, 0.4) is 0 Å². The van der Waals surface area contributed by atoms with Crippen molar-refractivity contribution in [1.29, 1.82) is 0 Å². The predicted molar refractivity (Wildman–Crippen MR) is 107 cm³/mol. The van der Waals surface area contributed by atoms with Crippen LogP contribution >= 0.6 is 0 Å². The molecule has 1 amide bonds. The third kappa shape index (κ3) is 3.55. The van der Waals surface area contributed by atoms with E-state index in [4.69, 9.17) is 4.74 Å². The third-order valence-corrected chi connectivity index (χ3v) is 4.71. The molecule has 7 heteroatoms. The predicted octanol–water partition coefficient (Wildman–Crippen LogP) is 3.57. The van der Waals surface area contributed by atoms with Crippen LogP contribution in [0.1, 0.15) is 18.4 Å². The Morgan fingerprint density at radius 2 is 1.79 bits per heavy atom. The van der Waals surface area contributed by atoms with Gasteiger partial charge in [0, 0.05) is 5.69 Å². The topological polar surface area (TPSA) is 81.9 Å². The monoisotopic (exact) mass is 373 g/mol. The summed E-state index contributed by atoms with van der Waals surface area (Å²) in [6.45, 7) is 1.90. The lowest BCUT2D eigenvalue weighted by Gasteiger charge is -2.14. The molecule has 0 saturated heterocycles. The summed E-state index contributed by atoms with van der Waals surface area (Å²) < 4.78 is 6.81. The van der Waals surface area contributed by atoms with Crippen molar-refractivity contribution in [3.8, 4) is 11.4 Å². The summed E-state index contributed by atoms with van der Waals surface area (Å²) in [5.41, 5.74) is 2.50. The van der Waals surface area contributed by atoms with Gasteiger partial charge in [0.1, 0.15) is 12.1 Å². The zero-order valence-electron chi connectivity index (χ0n) is 15.5. The number of carbonyl (C=O) groups is 1. The summed E-state index contributed by atoms with van der Waals surface area (Å²) in [7, 11) is 1.65. The molecular weight excluding hydrogens is 354 g/mol. The summed E-state index contributed by atoms with van der Waals surface area (Å²) in [6, 6.07) is 19.3. The van der Waals surface area contributed by atoms with Crippen molar-refractivity contribution in [2.24, 2.45) is 0 Å². The minimum absolute atomic E-state index is 0.0666. The second-order valence-corrected chi connectivity index (χ2v) is 6.48. The first-order chi connectivity index (χ1) is 13.6. The molecule has 0 spiro atoms. The van der Waals surface area contributed by atoms with Crippen molar-refractivity contribution >= 4 is 22.4 Å². The van der Waals surface area contributed by atoms with Crippen molar-refractivity contribution in [3.05, 3.63) is 72.6 Å². The van der Waals surface area contributed by atoms with Crippen LogP contribution in [0.2, 0.25) is 0 Å². The Morgan fingerprint density at radius 3 is 2.50 bits per heavy atom. The molecule has 3 aromatic carbocycles. The van der Waals surface area contributed by atoms with Crippen LogP contribution in [0.5, 0.6) is 5.75 Å². The highest BCUT2D eigenvalue weighted by molar-refractivity contribution is 5.96. The lowest BCUT2D eigenvalue weighted by atomic mass is 9.97. The molecule has 7 nitrogen and oxygen atoms in total. The van der Waals surface area contributed by atoms with Crippen molar-refractivity contribution in [2.75, 3.05) is 12.4 Å². The molecule has 0 aliphatic heterocycles. The zero-order valence-corrected chi connectivity index (χ0v) is 15.5. The van der Waals surface area contributed by atoms with Crippen molar-refractivity contribution in [3.63, 3.8) is 0 Å². The molecule has 0 radical (unpaired) electrons. The molecule has 4 aromatic rings. The van der Waals surface area contributed by atoms with Crippen LogP contribution in [0.4, 0.5) is 5.69 Å². The van der Waals surface area contributed by atoms with Gasteiger partial charge in [0.15, 0.2) is 0 Å². The van der Waals surface area contributed by atoms with Crippen LogP contribution in [-0.2, 0) is 4.79 Å². The van der Waals surface area contributed by atoms with Gasteiger partial charge >= 0.3 is 0 Å². The van der Waals surface area contributed by atoms with E-state index in [0.717, 1.165) is 33.5 Å². The molecule has 1 aromatic heterocycles. The van der Waals surface area contributed by atoms with E-state index in [1.165, 1.54) is 6.33 Å². The highest BCUT2D eigenvalue weighted by Gasteiger charge is 2.16. The summed E-state index contributed by atoms with van der Waals surface area (Å²) in [4.78, 5) is 12.7. The number of amides is 1. The highest BCUT2D eigenvalue weighted by atomic mass is 16.5. The van der Waals surface area contributed by atoms with E-state index >= 15 is 0 Å². The number of carbonyl (C=O) groups excluding carboxylic acids is 1. The van der Waals surface area contributed by atoms with Gasteiger partial charge in [-0.15, -0.1) is 5.10 Å². The third-order valence-electron chi connectivity index (χ3n) is 4.71. The maximum absolute atomic E-state index is 12.7. The average Bonchev–Trinajstić information content (AvgIpc) is 3.28. The smallest absolute Gasteiger partial charge is 0.231 e. The van der Waals surface area contributed by atoms with Crippen molar-refractivity contribution in [2.45, 2.75) is 12.8 Å². The van der Waals surface area contributed by atoms with Crippen LogP contribution in [0.15, 0.2) is 67.0 Å². The number of hydrogen-bond donors (Lipinski definition) is 1. The van der Waals surface area contributed by atoms with Gasteiger partial charge in [0.05, 0.1) is 18.7 Å². The van der Waals surface area contributed by atoms with E-state index in [0.29, 0.717) is 0 Å². The summed E-state index contributed by atoms with van der Waals surface area (Å²) in [6.07, 6.45) is 1.52. The van der Waals surface area contributed by atoms with E-state index in [9.17, 15) is 4.79 Å².